The number of carbonyl (C=O) groups is 2. The molecule has 0 spiro atoms. The molecule has 8 nitrogen and oxygen atoms in total. The summed E-state index contributed by atoms with van der Waals surface area (Å²) in [6.45, 7) is 3.69. The molecule has 5 rings (SSSR count). The Labute approximate surface area is 248 Å². The predicted octanol–water partition coefficient (Wildman–Crippen LogP) is 4.79. The van der Waals surface area contributed by atoms with Crippen molar-refractivity contribution in [1.82, 2.24) is 4.57 Å². The van der Waals surface area contributed by atoms with Gasteiger partial charge in [0.25, 0.3) is 5.56 Å². The van der Waals surface area contributed by atoms with Crippen molar-refractivity contribution in [3.8, 4) is 11.5 Å². The number of ether oxygens (including phenoxy) is 3. The van der Waals surface area contributed by atoms with Gasteiger partial charge in [-0.3, -0.25) is 9.36 Å². The Morgan fingerprint density at radius 3 is 2.51 bits per heavy atom. The van der Waals surface area contributed by atoms with Crippen LogP contribution >= 0.6 is 27.3 Å². The van der Waals surface area contributed by atoms with Gasteiger partial charge in [0, 0.05) is 4.47 Å². The van der Waals surface area contributed by atoms with Crippen LogP contribution in [0.15, 0.2) is 98.3 Å². The number of hydrogen-bond acceptors (Lipinski definition) is 8. The van der Waals surface area contributed by atoms with Gasteiger partial charge in [0.2, 0.25) is 0 Å². The first-order valence-electron chi connectivity index (χ1n) is 12.7. The highest BCUT2D eigenvalue weighted by molar-refractivity contribution is 9.10. The van der Waals surface area contributed by atoms with E-state index in [0.29, 0.717) is 37.5 Å². The predicted molar refractivity (Wildman–Crippen MR) is 159 cm³/mol. The lowest BCUT2D eigenvalue weighted by Gasteiger charge is -2.24. The molecule has 1 atom stereocenters. The second kappa shape index (κ2) is 12.1. The van der Waals surface area contributed by atoms with Gasteiger partial charge in [-0.2, -0.15) is 0 Å². The number of benzene rings is 3. The van der Waals surface area contributed by atoms with Crippen LogP contribution in [0, 0.1) is 0 Å². The van der Waals surface area contributed by atoms with Crippen LogP contribution in [-0.2, 0) is 9.53 Å². The molecule has 0 bridgehead atoms. The Morgan fingerprint density at radius 2 is 1.80 bits per heavy atom. The molecule has 4 aromatic rings. The molecular weight excluding hydrogens is 608 g/mol. The monoisotopic (exact) mass is 632 g/mol. The van der Waals surface area contributed by atoms with E-state index in [1.807, 2.05) is 36.4 Å². The van der Waals surface area contributed by atoms with Crippen molar-refractivity contribution in [2.24, 2.45) is 4.99 Å². The second-order valence-corrected chi connectivity index (χ2v) is 10.9. The topological polar surface area (TPSA) is 96.2 Å². The van der Waals surface area contributed by atoms with Gasteiger partial charge in [-0.1, -0.05) is 69.7 Å². The first-order valence-corrected chi connectivity index (χ1v) is 14.3. The molecule has 3 aromatic carbocycles. The lowest BCUT2D eigenvalue weighted by molar-refractivity contribution is -0.139. The summed E-state index contributed by atoms with van der Waals surface area (Å²) >= 11 is 4.58. The largest absolute Gasteiger partial charge is 0.493 e. The Morgan fingerprint density at radius 1 is 1.02 bits per heavy atom. The van der Waals surface area contributed by atoms with Gasteiger partial charge in [0.15, 0.2) is 16.3 Å². The molecular formula is C31H25BrN2O6S. The lowest BCUT2D eigenvalue weighted by atomic mass is 9.96. The third-order valence-electron chi connectivity index (χ3n) is 6.38. The third-order valence-corrected chi connectivity index (χ3v) is 7.86. The molecule has 0 unspecified atom stereocenters. The summed E-state index contributed by atoms with van der Waals surface area (Å²) in [7, 11) is 1.48. The Kier molecular flexibility index (Phi) is 8.32. The number of methoxy groups -OCH3 is 1. The minimum absolute atomic E-state index is 0.206. The minimum Gasteiger partial charge on any atom is -0.493 e. The van der Waals surface area contributed by atoms with Crippen LogP contribution in [0.1, 0.15) is 41.4 Å². The van der Waals surface area contributed by atoms with Gasteiger partial charge in [-0.25, -0.2) is 14.6 Å². The molecule has 0 saturated heterocycles. The van der Waals surface area contributed by atoms with Gasteiger partial charge in [-0.15, -0.1) is 0 Å². The molecule has 1 aliphatic heterocycles. The summed E-state index contributed by atoms with van der Waals surface area (Å²) in [5.41, 5.74) is 2.36. The molecule has 0 aliphatic carbocycles. The van der Waals surface area contributed by atoms with Crippen LogP contribution in [-0.4, -0.2) is 30.2 Å². The van der Waals surface area contributed by atoms with Gasteiger partial charge in [0.1, 0.15) is 0 Å². The Bertz CT molecular complexity index is 1860. The van der Waals surface area contributed by atoms with Crippen LogP contribution in [0.3, 0.4) is 0 Å². The summed E-state index contributed by atoms with van der Waals surface area (Å²) in [5, 5.41) is 0. The summed E-state index contributed by atoms with van der Waals surface area (Å²) < 4.78 is 19.1. The number of aromatic nitrogens is 1. The minimum atomic E-state index is -0.678. The van der Waals surface area contributed by atoms with Crippen molar-refractivity contribution in [2.75, 3.05) is 13.7 Å². The van der Waals surface area contributed by atoms with Gasteiger partial charge in [0.05, 0.1) is 41.1 Å². The number of carbonyl (C=O) groups excluding carboxylic acids is 2. The first-order chi connectivity index (χ1) is 19.8. The summed E-state index contributed by atoms with van der Waals surface area (Å²) in [6, 6.07) is 20.6. The fourth-order valence-corrected chi connectivity index (χ4v) is 5.97. The summed E-state index contributed by atoms with van der Waals surface area (Å²) in [6.07, 6.45) is 1.72. The standard InChI is InChI=1S/C31H25BrN2O6S/c1-4-39-30(37)26-18(2)33-31-34(27(26)20-9-6-5-7-10-20)28(35)25(41-31)16-19-13-14-23(24(15-19)38-3)40-29(36)21-11-8-12-22(32)17-21/h5-17,27H,4H2,1-3H3/t27-/m0/s1. The molecule has 0 saturated carbocycles. The first kappa shape index (κ1) is 28.3. The van der Waals surface area contributed by atoms with Gasteiger partial charge >= 0.3 is 11.9 Å². The SMILES string of the molecule is CCOC(=O)C1=C(C)N=c2sc(=Cc3ccc(OC(=O)c4cccc(Br)c4)c(OC)c3)c(=O)n2[C@H]1c1ccccc1. The zero-order chi connectivity index (χ0) is 29.1. The van der Waals surface area contributed by atoms with Crippen molar-refractivity contribution < 1.29 is 23.8 Å². The van der Waals surface area contributed by atoms with E-state index in [1.54, 1.807) is 56.3 Å². The van der Waals surface area contributed by atoms with E-state index < -0.39 is 18.0 Å². The number of rotatable bonds is 7. The van der Waals surface area contributed by atoms with E-state index in [-0.39, 0.29) is 17.9 Å². The van der Waals surface area contributed by atoms with Crippen molar-refractivity contribution in [1.29, 1.82) is 0 Å². The molecule has 0 N–H and O–H groups in total. The number of thiazole rings is 1. The van der Waals surface area contributed by atoms with Crippen LogP contribution in [0.25, 0.3) is 6.08 Å². The quantitative estimate of drug-likeness (QED) is 0.215. The van der Waals surface area contributed by atoms with Gasteiger partial charge < -0.3 is 14.2 Å². The number of halogens is 1. The lowest BCUT2D eigenvalue weighted by Crippen LogP contribution is -2.39. The maximum Gasteiger partial charge on any atom is 0.343 e. The smallest absolute Gasteiger partial charge is 0.343 e. The van der Waals surface area contributed by atoms with E-state index in [1.165, 1.54) is 23.0 Å². The average molecular weight is 634 g/mol. The van der Waals surface area contributed by atoms with Crippen LogP contribution in [0.5, 0.6) is 11.5 Å². The van der Waals surface area contributed by atoms with Gasteiger partial charge in [-0.05, 0) is 61.4 Å². The fourth-order valence-electron chi connectivity index (χ4n) is 4.53. The van der Waals surface area contributed by atoms with Crippen molar-refractivity contribution in [3.63, 3.8) is 0 Å². The van der Waals surface area contributed by atoms with E-state index in [4.69, 9.17) is 14.2 Å². The molecule has 0 radical (unpaired) electrons. The molecule has 1 aliphatic rings. The van der Waals surface area contributed by atoms with Crippen molar-refractivity contribution in [2.45, 2.75) is 19.9 Å². The average Bonchev–Trinajstić information content (AvgIpc) is 3.27. The molecule has 1 aromatic heterocycles. The van der Waals surface area contributed by atoms with E-state index in [0.717, 1.165) is 10.0 Å². The summed E-state index contributed by atoms with van der Waals surface area (Å²) in [4.78, 5) is 44.5. The Balaban J connectivity index is 1.55. The molecule has 41 heavy (non-hydrogen) atoms. The number of esters is 2. The van der Waals surface area contributed by atoms with Crippen LogP contribution in [0.4, 0.5) is 0 Å². The number of hydrogen-bond donors (Lipinski definition) is 0. The highest BCUT2D eigenvalue weighted by atomic mass is 79.9. The van der Waals surface area contributed by atoms with Crippen LogP contribution in [0.2, 0.25) is 0 Å². The second-order valence-electron chi connectivity index (χ2n) is 9.02. The van der Waals surface area contributed by atoms with Crippen molar-refractivity contribution >= 4 is 45.3 Å². The highest BCUT2D eigenvalue weighted by Crippen LogP contribution is 2.31. The molecule has 208 valence electrons. The van der Waals surface area contributed by atoms with E-state index in [9.17, 15) is 14.4 Å². The van der Waals surface area contributed by atoms with Crippen molar-refractivity contribution in [3.05, 3.63) is 125 Å². The zero-order valence-electron chi connectivity index (χ0n) is 22.4. The fraction of sp³-hybridized carbons (Fsp3) is 0.161. The normalized spacial score (nSPS) is 14.7. The molecule has 0 fully saturated rings. The molecule has 10 heteroatoms. The van der Waals surface area contributed by atoms with E-state index in [2.05, 4.69) is 20.9 Å². The number of fused-ring (bicyclic) bond motifs is 1. The summed E-state index contributed by atoms with van der Waals surface area (Å²) in [5.74, 6) is -0.457. The number of nitrogens with zero attached hydrogens (tertiary/aromatic N) is 2. The molecule has 2 heterocycles. The van der Waals surface area contributed by atoms with Crippen LogP contribution < -0.4 is 24.4 Å². The van der Waals surface area contributed by atoms with E-state index >= 15 is 0 Å². The zero-order valence-corrected chi connectivity index (χ0v) is 24.8. The number of allylic oxidation sites excluding steroid dienone is 1. The Hall–Kier alpha value is -4.28. The highest BCUT2D eigenvalue weighted by Gasteiger charge is 2.33. The molecule has 0 amide bonds. The maximum atomic E-state index is 13.8. The maximum absolute atomic E-state index is 13.8. The third kappa shape index (κ3) is 5.79.